The van der Waals surface area contributed by atoms with Crippen LogP contribution in [0.25, 0.3) is 0 Å². The summed E-state index contributed by atoms with van der Waals surface area (Å²) in [6.45, 7) is 0.622. The summed E-state index contributed by atoms with van der Waals surface area (Å²) in [7, 11) is 1.66. The van der Waals surface area contributed by atoms with E-state index < -0.39 is 5.60 Å². The third-order valence-electron chi connectivity index (χ3n) is 6.82. The highest BCUT2D eigenvalue weighted by Crippen LogP contribution is 2.49. The van der Waals surface area contributed by atoms with E-state index in [2.05, 4.69) is 24.3 Å². The molecule has 0 radical (unpaired) electrons. The molecule has 0 unspecified atom stereocenters. The summed E-state index contributed by atoms with van der Waals surface area (Å²) in [6.07, 6.45) is 5.94. The maximum Gasteiger partial charge on any atom is 0.223 e. The Morgan fingerprint density at radius 1 is 1.10 bits per heavy atom. The number of nitrogens with zero attached hydrogens (tertiary/aromatic N) is 1. The molecule has 4 nitrogen and oxygen atoms in total. The lowest BCUT2D eigenvalue weighted by molar-refractivity contribution is -0.155. The molecule has 154 valence electrons. The summed E-state index contributed by atoms with van der Waals surface area (Å²) in [5.41, 5.74) is 1.64. The van der Waals surface area contributed by atoms with Gasteiger partial charge in [-0.3, -0.25) is 4.79 Å². The second-order valence-electron chi connectivity index (χ2n) is 8.50. The van der Waals surface area contributed by atoms with Crippen LogP contribution in [0.4, 0.5) is 0 Å². The normalized spacial score (nSPS) is 26.6. The van der Waals surface area contributed by atoms with Crippen LogP contribution in [0.5, 0.6) is 5.75 Å². The molecule has 0 spiro atoms. The van der Waals surface area contributed by atoms with E-state index in [9.17, 15) is 9.90 Å². The molecule has 4 heteroatoms. The number of rotatable bonds is 5. The maximum absolute atomic E-state index is 13.3. The van der Waals surface area contributed by atoms with Crippen LogP contribution in [-0.2, 0) is 11.2 Å². The monoisotopic (exact) mass is 393 g/mol. The Hall–Kier alpha value is -2.33. The van der Waals surface area contributed by atoms with Crippen molar-refractivity contribution in [3.8, 4) is 5.75 Å². The van der Waals surface area contributed by atoms with Gasteiger partial charge in [-0.15, -0.1) is 0 Å². The number of aryl methyl sites for hydroxylation is 1. The van der Waals surface area contributed by atoms with Gasteiger partial charge >= 0.3 is 0 Å². The predicted octanol–water partition coefficient (Wildman–Crippen LogP) is 4.52. The van der Waals surface area contributed by atoms with Gasteiger partial charge < -0.3 is 14.7 Å². The van der Waals surface area contributed by atoms with Crippen LogP contribution in [0.3, 0.4) is 0 Å². The minimum Gasteiger partial charge on any atom is -0.497 e. The number of benzene rings is 2. The van der Waals surface area contributed by atoms with E-state index in [1.807, 2.05) is 35.2 Å². The summed E-state index contributed by atoms with van der Waals surface area (Å²) < 4.78 is 5.31. The van der Waals surface area contributed by atoms with Crippen LogP contribution >= 0.6 is 0 Å². The minimum absolute atomic E-state index is 0.0665. The Balaban J connectivity index is 1.59. The fourth-order valence-electron chi connectivity index (χ4n) is 5.21. The summed E-state index contributed by atoms with van der Waals surface area (Å²) >= 11 is 0. The van der Waals surface area contributed by atoms with Gasteiger partial charge in [0.05, 0.1) is 18.8 Å². The lowest BCUT2D eigenvalue weighted by Crippen LogP contribution is -2.56. The van der Waals surface area contributed by atoms with Crippen molar-refractivity contribution in [1.82, 2.24) is 4.90 Å². The molecular formula is C25H31NO3. The highest BCUT2D eigenvalue weighted by Gasteiger charge is 2.49. The summed E-state index contributed by atoms with van der Waals surface area (Å²) in [6, 6.07) is 18.1. The number of piperidine rings is 1. The zero-order valence-corrected chi connectivity index (χ0v) is 17.2. The maximum atomic E-state index is 13.3. The van der Waals surface area contributed by atoms with Gasteiger partial charge in [0, 0.05) is 18.9 Å². The predicted molar refractivity (Wildman–Crippen MR) is 114 cm³/mol. The molecule has 1 aliphatic carbocycles. The van der Waals surface area contributed by atoms with Crippen LogP contribution in [0.2, 0.25) is 0 Å². The van der Waals surface area contributed by atoms with E-state index in [-0.39, 0.29) is 17.9 Å². The largest absolute Gasteiger partial charge is 0.497 e. The number of carbonyl (C=O) groups is 1. The minimum atomic E-state index is -0.654. The first-order chi connectivity index (χ1) is 14.1. The molecule has 0 bridgehead atoms. The quantitative estimate of drug-likeness (QED) is 0.812. The molecular weight excluding hydrogens is 362 g/mol. The second kappa shape index (κ2) is 8.58. The number of fused-ring (bicyclic) bond motifs is 1. The number of hydrogen-bond donors (Lipinski definition) is 1. The first-order valence-electron chi connectivity index (χ1n) is 10.8. The fourth-order valence-corrected chi connectivity index (χ4v) is 5.21. The van der Waals surface area contributed by atoms with Gasteiger partial charge in [0.15, 0.2) is 0 Å². The Morgan fingerprint density at radius 2 is 1.86 bits per heavy atom. The first kappa shape index (κ1) is 20.0. The van der Waals surface area contributed by atoms with Crippen molar-refractivity contribution in [2.75, 3.05) is 13.7 Å². The lowest BCUT2D eigenvalue weighted by atomic mass is 9.66. The zero-order chi connectivity index (χ0) is 20.3. The highest BCUT2D eigenvalue weighted by molar-refractivity contribution is 5.77. The van der Waals surface area contributed by atoms with E-state index in [4.69, 9.17) is 4.74 Å². The third-order valence-corrected chi connectivity index (χ3v) is 6.82. The van der Waals surface area contributed by atoms with Crippen LogP contribution in [0, 0.1) is 5.92 Å². The molecule has 1 amide bonds. The van der Waals surface area contributed by atoms with E-state index in [0.29, 0.717) is 19.4 Å². The third kappa shape index (κ3) is 4.18. The van der Waals surface area contributed by atoms with Crippen molar-refractivity contribution < 1.29 is 14.6 Å². The van der Waals surface area contributed by atoms with Crippen molar-refractivity contribution in [1.29, 1.82) is 0 Å². The van der Waals surface area contributed by atoms with Crippen LogP contribution < -0.4 is 4.74 Å². The number of aliphatic hydroxyl groups is 1. The highest BCUT2D eigenvalue weighted by atomic mass is 16.5. The molecule has 1 aliphatic heterocycles. The Bertz CT molecular complexity index is 820. The molecule has 1 saturated heterocycles. The van der Waals surface area contributed by atoms with Crippen molar-refractivity contribution in [3.05, 3.63) is 65.7 Å². The van der Waals surface area contributed by atoms with E-state index in [1.54, 1.807) is 7.11 Å². The lowest BCUT2D eigenvalue weighted by Gasteiger charge is -2.52. The molecule has 0 aromatic heterocycles. The van der Waals surface area contributed by atoms with E-state index in [0.717, 1.165) is 43.4 Å². The number of methoxy groups -OCH3 is 1. The van der Waals surface area contributed by atoms with E-state index in [1.165, 1.54) is 5.56 Å². The van der Waals surface area contributed by atoms with Crippen LogP contribution in [0.1, 0.15) is 55.7 Å². The molecule has 2 fully saturated rings. The van der Waals surface area contributed by atoms with Gasteiger partial charge in [-0.2, -0.15) is 0 Å². The summed E-state index contributed by atoms with van der Waals surface area (Å²) in [5.74, 6) is 1.09. The van der Waals surface area contributed by atoms with Crippen LogP contribution in [-0.4, -0.2) is 35.2 Å². The van der Waals surface area contributed by atoms with Gasteiger partial charge in [0.2, 0.25) is 5.91 Å². The number of likely N-dealkylation sites (tertiary alicyclic amines) is 1. The number of hydrogen-bond acceptors (Lipinski definition) is 3. The summed E-state index contributed by atoms with van der Waals surface area (Å²) in [4.78, 5) is 15.3. The molecule has 29 heavy (non-hydrogen) atoms. The van der Waals surface area contributed by atoms with Crippen molar-refractivity contribution >= 4 is 5.91 Å². The second-order valence-corrected chi connectivity index (χ2v) is 8.50. The molecule has 2 aromatic carbocycles. The van der Waals surface area contributed by atoms with Crippen molar-refractivity contribution in [2.45, 2.75) is 56.6 Å². The first-order valence-corrected chi connectivity index (χ1v) is 10.8. The van der Waals surface area contributed by atoms with Crippen LogP contribution in [0.15, 0.2) is 54.6 Å². The molecule has 4 rings (SSSR count). The SMILES string of the molecule is COc1ccc([C@H]2[C@@H]3CCCC[C@]3(O)CCN2C(=O)CCc2ccccc2)cc1. The molecule has 1 saturated carbocycles. The number of ether oxygens (including phenoxy) is 1. The van der Waals surface area contributed by atoms with Gasteiger partial charge in [-0.25, -0.2) is 0 Å². The molecule has 1 N–H and O–H groups in total. The Kier molecular flexibility index (Phi) is 5.91. The van der Waals surface area contributed by atoms with Crippen molar-refractivity contribution in [2.24, 2.45) is 5.92 Å². The van der Waals surface area contributed by atoms with Gasteiger partial charge in [0.25, 0.3) is 0 Å². The fraction of sp³-hybridized carbons (Fsp3) is 0.480. The average Bonchev–Trinajstić information content (AvgIpc) is 2.77. The number of amides is 1. The van der Waals surface area contributed by atoms with Gasteiger partial charge in [-0.1, -0.05) is 55.3 Å². The topological polar surface area (TPSA) is 49.8 Å². The molecule has 2 aromatic rings. The van der Waals surface area contributed by atoms with Gasteiger partial charge in [0.1, 0.15) is 5.75 Å². The zero-order valence-electron chi connectivity index (χ0n) is 17.2. The average molecular weight is 394 g/mol. The smallest absolute Gasteiger partial charge is 0.223 e. The molecule has 1 heterocycles. The molecule has 2 aliphatic rings. The van der Waals surface area contributed by atoms with E-state index >= 15 is 0 Å². The summed E-state index contributed by atoms with van der Waals surface area (Å²) in [5, 5.41) is 11.4. The number of carbonyl (C=O) groups excluding carboxylic acids is 1. The van der Waals surface area contributed by atoms with Gasteiger partial charge in [-0.05, 0) is 48.9 Å². The Morgan fingerprint density at radius 3 is 2.59 bits per heavy atom. The standard InChI is InChI=1S/C25H31NO3/c1-29-21-13-11-20(12-14-21)24-22-9-5-6-16-25(22,28)17-18-26(24)23(27)15-10-19-7-3-2-4-8-19/h2-4,7-8,11-14,22,24,28H,5-6,9-10,15-18H2,1H3/t22-,24-,25-/m0/s1. The molecule has 3 atom stereocenters. The Labute approximate surface area is 173 Å². The van der Waals surface area contributed by atoms with Crippen molar-refractivity contribution in [3.63, 3.8) is 0 Å².